The molecule has 6 nitrogen and oxygen atoms in total. The van der Waals surface area contributed by atoms with Crippen LogP contribution < -0.4 is 4.72 Å². The van der Waals surface area contributed by atoms with Gasteiger partial charge in [-0.2, -0.15) is 0 Å². The van der Waals surface area contributed by atoms with Crippen molar-refractivity contribution in [2.24, 2.45) is 5.92 Å². The first-order chi connectivity index (χ1) is 14.6. The molecule has 1 atom stereocenters. The number of likely N-dealkylation sites (tertiary alicyclic amines) is 1. The van der Waals surface area contributed by atoms with E-state index in [-0.39, 0.29) is 11.4 Å². The molecule has 30 heavy (non-hydrogen) atoms. The Morgan fingerprint density at radius 2 is 1.53 bits per heavy atom. The fourth-order valence-corrected chi connectivity index (χ4v) is 7.35. The number of rotatable bonds is 8. The smallest absolute Gasteiger partial charge is 0.214 e. The van der Waals surface area contributed by atoms with Crippen LogP contribution in [0.5, 0.6) is 0 Å². The number of hydrogen-bond acceptors (Lipinski definition) is 5. The first-order valence-electron chi connectivity index (χ1n) is 12.6. The average molecular weight is 443 g/mol. The van der Waals surface area contributed by atoms with E-state index < -0.39 is 10.0 Å². The molecular weight excluding hydrogens is 400 g/mol. The van der Waals surface area contributed by atoms with Crippen LogP contribution in [-0.2, 0) is 19.5 Å². The highest BCUT2D eigenvalue weighted by atomic mass is 32.2. The zero-order valence-electron chi connectivity index (χ0n) is 18.6. The largest absolute Gasteiger partial charge is 0.377 e. The van der Waals surface area contributed by atoms with Crippen molar-refractivity contribution in [1.29, 1.82) is 0 Å². The Kier molecular flexibility index (Phi) is 8.48. The number of piperidine rings is 1. The van der Waals surface area contributed by atoms with Crippen LogP contribution >= 0.6 is 0 Å². The summed E-state index contributed by atoms with van der Waals surface area (Å²) in [7, 11) is -3.21. The Morgan fingerprint density at radius 3 is 2.20 bits per heavy atom. The van der Waals surface area contributed by atoms with E-state index in [0.29, 0.717) is 24.7 Å². The lowest BCUT2D eigenvalue weighted by Crippen LogP contribution is -2.44. The van der Waals surface area contributed by atoms with Gasteiger partial charge in [0.05, 0.1) is 23.6 Å². The van der Waals surface area contributed by atoms with Crippen LogP contribution in [0.2, 0.25) is 0 Å². The van der Waals surface area contributed by atoms with Crippen LogP contribution in [-0.4, -0.2) is 69.7 Å². The average Bonchev–Trinajstić information content (AvgIpc) is 3.28. The van der Waals surface area contributed by atoms with Crippen LogP contribution in [0.1, 0.15) is 83.5 Å². The van der Waals surface area contributed by atoms with Crippen molar-refractivity contribution in [1.82, 2.24) is 9.62 Å². The molecule has 4 aliphatic rings. The van der Waals surface area contributed by atoms with Crippen molar-refractivity contribution in [3.63, 3.8) is 0 Å². The molecule has 2 aliphatic heterocycles. The van der Waals surface area contributed by atoms with Gasteiger partial charge >= 0.3 is 0 Å². The Labute approximate surface area is 183 Å². The van der Waals surface area contributed by atoms with E-state index in [9.17, 15) is 8.42 Å². The van der Waals surface area contributed by atoms with Gasteiger partial charge in [0.15, 0.2) is 0 Å². The van der Waals surface area contributed by atoms with E-state index >= 15 is 0 Å². The molecule has 0 aromatic carbocycles. The zero-order chi connectivity index (χ0) is 20.8. The molecule has 2 aliphatic carbocycles. The molecule has 0 bridgehead atoms. The molecule has 0 amide bonds. The van der Waals surface area contributed by atoms with E-state index in [0.717, 1.165) is 64.8 Å². The first-order valence-corrected chi connectivity index (χ1v) is 14.1. The molecule has 0 spiro atoms. The summed E-state index contributed by atoms with van der Waals surface area (Å²) in [4.78, 5) is 2.49. The highest BCUT2D eigenvalue weighted by molar-refractivity contribution is 7.90. The zero-order valence-corrected chi connectivity index (χ0v) is 19.4. The van der Waals surface area contributed by atoms with Gasteiger partial charge in [-0.3, -0.25) is 0 Å². The second-order valence-corrected chi connectivity index (χ2v) is 12.1. The van der Waals surface area contributed by atoms with E-state index in [2.05, 4.69) is 9.62 Å². The van der Waals surface area contributed by atoms with Crippen molar-refractivity contribution in [3.05, 3.63) is 0 Å². The lowest BCUT2D eigenvalue weighted by molar-refractivity contribution is -0.0446. The van der Waals surface area contributed by atoms with Gasteiger partial charge in [0, 0.05) is 19.7 Å². The number of nitrogens with zero attached hydrogens (tertiary/aromatic N) is 1. The van der Waals surface area contributed by atoms with Crippen LogP contribution in [0.4, 0.5) is 0 Å². The summed E-state index contributed by atoms with van der Waals surface area (Å²) in [6.07, 6.45) is 15.2. The van der Waals surface area contributed by atoms with Gasteiger partial charge in [-0.25, -0.2) is 13.1 Å². The van der Waals surface area contributed by atoms with Crippen molar-refractivity contribution in [2.75, 3.05) is 32.8 Å². The number of hydrogen-bond donors (Lipinski definition) is 1. The van der Waals surface area contributed by atoms with Crippen molar-refractivity contribution < 1.29 is 17.9 Å². The molecule has 0 radical (unpaired) electrons. The molecule has 4 fully saturated rings. The number of sulfonamides is 1. The summed E-state index contributed by atoms with van der Waals surface area (Å²) < 4.78 is 40.7. The second-order valence-electron chi connectivity index (χ2n) is 10.1. The minimum atomic E-state index is -3.21. The fourth-order valence-electron chi connectivity index (χ4n) is 5.75. The van der Waals surface area contributed by atoms with Crippen LogP contribution in [0.25, 0.3) is 0 Å². The highest BCUT2D eigenvalue weighted by Crippen LogP contribution is 2.30. The van der Waals surface area contributed by atoms with Gasteiger partial charge in [-0.15, -0.1) is 0 Å². The topological polar surface area (TPSA) is 67.9 Å². The van der Waals surface area contributed by atoms with Gasteiger partial charge < -0.3 is 14.4 Å². The monoisotopic (exact) mass is 442 g/mol. The fraction of sp³-hybridized carbons (Fsp3) is 1.00. The van der Waals surface area contributed by atoms with Crippen molar-refractivity contribution in [3.8, 4) is 0 Å². The van der Waals surface area contributed by atoms with Crippen LogP contribution in [0, 0.1) is 5.92 Å². The third-order valence-electron chi connectivity index (χ3n) is 7.76. The van der Waals surface area contributed by atoms with Crippen molar-refractivity contribution >= 4 is 10.0 Å². The second kappa shape index (κ2) is 11.1. The lowest BCUT2D eigenvalue weighted by atomic mass is 9.94. The number of ether oxygens (including phenoxy) is 2. The molecule has 7 heteroatoms. The minimum Gasteiger partial charge on any atom is -0.377 e. The Hall–Kier alpha value is -0.210. The molecule has 0 aromatic rings. The molecule has 2 saturated heterocycles. The predicted octanol–water partition coefficient (Wildman–Crippen LogP) is 3.46. The molecule has 174 valence electrons. The maximum atomic E-state index is 12.8. The number of nitrogens with one attached hydrogen (secondary N) is 1. The van der Waals surface area contributed by atoms with E-state index in [1.165, 1.54) is 44.9 Å². The van der Waals surface area contributed by atoms with Gasteiger partial charge in [0.25, 0.3) is 0 Å². The highest BCUT2D eigenvalue weighted by Gasteiger charge is 2.33. The molecule has 1 N–H and O–H groups in total. The lowest BCUT2D eigenvalue weighted by Gasteiger charge is -2.34. The summed E-state index contributed by atoms with van der Waals surface area (Å²) in [6.45, 7) is 4.70. The summed E-state index contributed by atoms with van der Waals surface area (Å²) in [6, 6.07) is 0. The summed E-state index contributed by atoms with van der Waals surface area (Å²) in [5, 5.41) is -0.233. The van der Waals surface area contributed by atoms with E-state index in [1.54, 1.807) is 0 Å². The minimum absolute atomic E-state index is 0.233. The molecule has 4 rings (SSSR count). The standard InChI is InChI=1S/C23H42N2O4S/c26-30(27,23-10-8-21(9-11-23)29-20-5-2-1-3-6-20)24-17-19-12-14-25(15-13-19)18-22-7-4-16-28-22/h19-24H,1-18H2. The van der Waals surface area contributed by atoms with E-state index in [4.69, 9.17) is 9.47 Å². The van der Waals surface area contributed by atoms with Gasteiger partial charge in [0.2, 0.25) is 10.0 Å². The van der Waals surface area contributed by atoms with Gasteiger partial charge in [-0.05, 0) is 83.2 Å². The summed E-state index contributed by atoms with van der Waals surface area (Å²) >= 11 is 0. The molecule has 2 heterocycles. The summed E-state index contributed by atoms with van der Waals surface area (Å²) in [5.41, 5.74) is 0. The maximum Gasteiger partial charge on any atom is 0.214 e. The molecule has 0 aromatic heterocycles. The molecule has 1 unspecified atom stereocenters. The normalized spacial score (nSPS) is 33.1. The predicted molar refractivity (Wildman–Crippen MR) is 119 cm³/mol. The maximum absolute atomic E-state index is 12.8. The van der Waals surface area contributed by atoms with Crippen LogP contribution in [0.3, 0.4) is 0 Å². The Bertz CT molecular complexity index is 601. The van der Waals surface area contributed by atoms with Gasteiger partial charge in [0.1, 0.15) is 0 Å². The Morgan fingerprint density at radius 1 is 0.833 bits per heavy atom. The molecular formula is C23H42N2O4S. The molecule has 2 saturated carbocycles. The third kappa shape index (κ3) is 6.64. The SMILES string of the molecule is O=S(=O)(NCC1CCN(CC2CCCO2)CC1)C1CCC(OC2CCCCC2)CC1. The van der Waals surface area contributed by atoms with Crippen molar-refractivity contribution in [2.45, 2.75) is 107 Å². The quantitative estimate of drug-likeness (QED) is 0.624. The van der Waals surface area contributed by atoms with Gasteiger partial charge in [-0.1, -0.05) is 19.3 Å². The third-order valence-corrected chi connectivity index (χ3v) is 9.68. The Balaban J connectivity index is 1.13. The van der Waals surface area contributed by atoms with Crippen LogP contribution in [0.15, 0.2) is 0 Å². The first kappa shape index (κ1) is 23.0. The van der Waals surface area contributed by atoms with E-state index in [1.807, 2.05) is 0 Å². The summed E-state index contributed by atoms with van der Waals surface area (Å²) in [5.74, 6) is 0.464.